The molecule has 3 rings (SSSR count). The molecule has 0 unspecified atom stereocenters. The molecule has 0 atom stereocenters. The second kappa shape index (κ2) is 6.95. The molecule has 0 saturated heterocycles. The van der Waals surface area contributed by atoms with Gasteiger partial charge < -0.3 is 4.42 Å². The molecule has 0 radical (unpaired) electrons. The zero-order valence-corrected chi connectivity index (χ0v) is 13.4. The molecular weight excluding hydrogens is 336 g/mol. The number of non-ortho nitro benzene ring substituents is 2. The molecule has 1 aliphatic carbocycles. The van der Waals surface area contributed by atoms with Crippen molar-refractivity contribution in [2.45, 2.75) is 42.6 Å². The van der Waals surface area contributed by atoms with E-state index in [4.69, 9.17) is 4.42 Å². The van der Waals surface area contributed by atoms with Gasteiger partial charge in [-0.05, 0) is 12.8 Å². The van der Waals surface area contributed by atoms with Crippen LogP contribution in [0.3, 0.4) is 0 Å². The van der Waals surface area contributed by atoms with Gasteiger partial charge in [0.1, 0.15) is 0 Å². The van der Waals surface area contributed by atoms with Crippen LogP contribution in [-0.2, 0) is 0 Å². The Morgan fingerprint density at radius 2 is 1.62 bits per heavy atom. The van der Waals surface area contributed by atoms with E-state index in [0.717, 1.165) is 18.9 Å². The summed E-state index contributed by atoms with van der Waals surface area (Å²) in [4.78, 5) is 20.5. The minimum atomic E-state index is -0.690. The van der Waals surface area contributed by atoms with Crippen molar-refractivity contribution in [3.05, 3.63) is 38.4 Å². The molecule has 1 aromatic carbocycles. The number of hydrogen-bond donors (Lipinski definition) is 0. The molecule has 2 aromatic rings. The Bertz CT molecular complexity index is 740. The van der Waals surface area contributed by atoms with Gasteiger partial charge in [-0.15, -0.1) is 10.2 Å². The predicted octanol–water partition coefficient (Wildman–Crippen LogP) is 3.98. The van der Waals surface area contributed by atoms with E-state index in [0.29, 0.717) is 10.5 Å². The highest BCUT2D eigenvalue weighted by molar-refractivity contribution is 7.99. The zero-order chi connectivity index (χ0) is 17.1. The lowest BCUT2D eigenvalue weighted by molar-refractivity contribution is -0.394. The van der Waals surface area contributed by atoms with Crippen LogP contribution in [0.25, 0.3) is 11.5 Å². The van der Waals surface area contributed by atoms with Gasteiger partial charge in [0.05, 0.1) is 21.5 Å². The molecule has 1 aliphatic rings. The van der Waals surface area contributed by atoms with E-state index in [1.54, 1.807) is 0 Å². The SMILES string of the molecule is O=[N+]([O-])c1cc(-c2nnc(SC3CCCCC3)o2)cc([N+](=O)[O-])c1. The van der Waals surface area contributed by atoms with E-state index >= 15 is 0 Å². The van der Waals surface area contributed by atoms with E-state index in [1.165, 1.54) is 43.2 Å². The van der Waals surface area contributed by atoms with E-state index in [-0.39, 0.29) is 22.8 Å². The first-order valence-corrected chi connectivity index (χ1v) is 8.35. The third-order valence-corrected chi connectivity index (χ3v) is 4.97. The highest BCUT2D eigenvalue weighted by Crippen LogP contribution is 2.35. The van der Waals surface area contributed by atoms with E-state index in [9.17, 15) is 20.2 Å². The fourth-order valence-electron chi connectivity index (χ4n) is 2.63. The number of nitro groups is 2. The Hall–Kier alpha value is -2.49. The second-order valence-electron chi connectivity index (χ2n) is 5.50. The largest absolute Gasteiger partial charge is 0.411 e. The number of aromatic nitrogens is 2. The number of hydrogen-bond acceptors (Lipinski definition) is 8. The normalized spacial score (nSPS) is 15.3. The van der Waals surface area contributed by atoms with E-state index in [2.05, 4.69) is 10.2 Å². The smallest absolute Gasteiger partial charge is 0.277 e. The minimum absolute atomic E-state index is 0.0418. The molecule has 0 aliphatic heterocycles. The second-order valence-corrected chi connectivity index (χ2v) is 6.75. The summed E-state index contributed by atoms with van der Waals surface area (Å²) in [5.41, 5.74) is -0.614. The minimum Gasteiger partial charge on any atom is -0.411 e. The number of thioether (sulfide) groups is 1. The summed E-state index contributed by atoms with van der Waals surface area (Å²) >= 11 is 1.49. The van der Waals surface area contributed by atoms with Gasteiger partial charge in [0.25, 0.3) is 16.6 Å². The molecule has 9 nitrogen and oxygen atoms in total. The first-order valence-electron chi connectivity index (χ1n) is 7.47. The van der Waals surface area contributed by atoms with E-state index in [1.807, 2.05) is 0 Å². The average Bonchev–Trinajstić information content (AvgIpc) is 3.04. The Balaban J connectivity index is 1.86. The van der Waals surface area contributed by atoms with Crippen LogP contribution in [0, 0.1) is 20.2 Å². The van der Waals surface area contributed by atoms with Gasteiger partial charge in [-0.25, -0.2) is 0 Å². The standard InChI is InChI=1S/C14H14N4O5S/c19-17(20)10-6-9(7-11(8-10)18(21)22)13-15-16-14(23-13)24-12-4-2-1-3-5-12/h6-8,12H,1-5H2. The highest BCUT2D eigenvalue weighted by Gasteiger charge is 2.22. The molecule has 1 heterocycles. The van der Waals surface area contributed by atoms with E-state index < -0.39 is 9.85 Å². The molecule has 1 aromatic heterocycles. The summed E-state index contributed by atoms with van der Waals surface area (Å²) < 4.78 is 5.54. The summed E-state index contributed by atoms with van der Waals surface area (Å²) in [7, 11) is 0. The molecule has 1 saturated carbocycles. The van der Waals surface area contributed by atoms with Gasteiger partial charge in [0.2, 0.25) is 5.89 Å². The lowest BCUT2D eigenvalue weighted by Gasteiger charge is -2.18. The van der Waals surface area contributed by atoms with Gasteiger partial charge in [0.15, 0.2) is 0 Å². The van der Waals surface area contributed by atoms with Crippen LogP contribution in [0.2, 0.25) is 0 Å². The fourth-order valence-corrected chi connectivity index (χ4v) is 3.70. The van der Waals surface area contributed by atoms with Crippen molar-refractivity contribution < 1.29 is 14.3 Å². The molecule has 1 fully saturated rings. The Kier molecular flexibility index (Phi) is 4.74. The molecule has 24 heavy (non-hydrogen) atoms. The maximum Gasteiger partial charge on any atom is 0.277 e. The van der Waals surface area contributed by atoms with Gasteiger partial charge in [-0.1, -0.05) is 31.0 Å². The van der Waals surface area contributed by atoms with Crippen molar-refractivity contribution in [1.82, 2.24) is 10.2 Å². The Labute approximate surface area is 140 Å². The van der Waals surface area contributed by atoms with Crippen LogP contribution >= 0.6 is 11.8 Å². The summed E-state index contributed by atoms with van der Waals surface area (Å²) in [5.74, 6) is 0.0418. The summed E-state index contributed by atoms with van der Waals surface area (Å²) in [6, 6.07) is 3.28. The maximum atomic E-state index is 10.9. The zero-order valence-electron chi connectivity index (χ0n) is 12.6. The third kappa shape index (κ3) is 3.70. The van der Waals surface area contributed by atoms with Gasteiger partial charge in [-0.3, -0.25) is 20.2 Å². The summed E-state index contributed by atoms with van der Waals surface area (Å²) in [6.07, 6.45) is 5.77. The molecular formula is C14H14N4O5S. The summed E-state index contributed by atoms with van der Waals surface area (Å²) in [5, 5.41) is 30.5. The molecule has 10 heteroatoms. The molecule has 0 bridgehead atoms. The Morgan fingerprint density at radius 1 is 1.00 bits per heavy atom. The van der Waals surface area contributed by atoms with Crippen LogP contribution in [0.15, 0.2) is 27.8 Å². The van der Waals surface area contributed by atoms with Crippen molar-refractivity contribution >= 4 is 23.1 Å². The van der Waals surface area contributed by atoms with Crippen LogP contribution in [0.5, 0.6) is 0 Å². The topological polar surface area (TPSA) is 125 Å². The maximum absolute atomic E-state index is 10.9. The lowest BCUT2D eigenvalue weighted by Crippen LogP contribution is -2.07. The average molecular weight is 350 g/mol. The number of rotatable bonds is 5. The Morgan fingerprint density at radius 3 is 2.21 bits per heavy atom. The molecule has 0 spiro atoms. The van der Waals surface area contributed by atoms with Crippen LogP contribution in [-0.4, -0.2) is 25.3 Å². The van der Waals surface area contributed by atoms with Crippen molar-refractivity contribution in [2.24, 2.45) is 0 Å². The molecule has 0 amide bonds. The van der Waals surface area contributed by atoms with Crippen molar-refractivity contribution in [3.63, 3.8) is 0 Å². The van der Waals surface area contributed by atoms with Gasteiger partial charge in [0, 0.05) is 17.4 Å². The third-order valence-electron chi connectivity index (χ3n) is 3.80. The first kappa shape index (κ1) is 16.4. The summed E-state index contributed by atoms with van der Waals surface area (Å²) in [6.45, 7) is 0. The lowest BCUT2D eigenvalue weighted by atomic mass is 10.0. The van der Waals surface area contributed by atoms with Crippen LogP contribution in [0.1, 0.15) is 32.1 Å². The van der Waals surface area contributed by atoms with Crippen molar-refractivity contribution in [1.29, 1.82) is 0 Å². The fraction of sp³-hybridized carbons (Fsp3) is 0.429. The van der Waals surface area contributed by atoms with Gasteiger partial charge >= 0.3 is 0 Å². The first-order chi connectivity index (χ1) is 11.5. The van der Waals surface area contributed by atoms with Crippen LogP contribution in [0.4, 0.5) is 11.4 Å². The monoisotopic (exact) mass is 350 g/mol. The number of benzene rings is 1. The molecule has 0 N–H and O–H groups in total. The van der Waals surface area contributed by atoms with Gasteiger partial charge in [-0.2, -0.15) is 0 Å². The van der Waals surface area contributed by atoms with Crippen molar-refractivity contribution in [2.75, 3.05) is 0 Å². The highest BCUT2D eigenvalue weighted by atomic mass is 32.2. The predicted molar refractivity (Wildman–Crippen MR) is 85.8 cm³/mol. The van der Waals surface area contributed by atoms with Crippen molar-refractivity contribution in [3.8, 4) is 11.5 Å². The molecule has 126 valence electrons. The quantitative estimate of drug-likeness (QED) is 0.585. The number of nitro benzene ring substituents is 2. The van der Waals surface area contributed by atoms with Crippen LogP contribution < -0.4 is 0 Å². The number of nitrogens with zero attached hydrogens (tertiary/aromatic N) is 4.